The summed E-state index contributed by atoms with van der Waals surface area (Å²) in [5.41, 5.74) is 0. The SMILES string of the molecule is CC(CCNC1CC1)Oc1ccccc1. The number of nitrogens with one attached hydrogen (secondary N) is 1. The minimum Gasteiger partial charge on any atom is -0.491 e. The van der Waals surface area contributed by atoms with E-state index >= 15 is 0 Å². The fraction of sp³-hybridized carbons (Fsp3) is 0.538. The Morgan fingerprint density at radius 1 is 1.33 bits per heavy atom. The summed E-state index contributed by atoms with van der Waals surface area (Å²) < 4.78 is 5.78. The molecule has 82 valence electrons. The van der Waals surface area contributed by atoms with Gasteiger partial charge in [-0.25, -0.2) is 0 Å². The number of hydrogen-bond acceptors (Lipinski definition) is 2. The zero-order valence-corrected chi connectivity index (χ0v) is 9.28. The van der Waals surface area contributed by atoms with E-state index < -0.39 is 0 Å². The highest BCUT2D eigenvalue weighted by Crippen LogP contribution is 2.18. The maximum absolute atomic E-state index is 5.78. The van der Waals surface area contributed by atoms with Crippen LogP contribution in [0.2, 0.25) is 0 Å². The third kappa shape index (κ3) is 3.92. The predicted octanol–water partition coefficient (Wildman–Crippen LogP) is 2.60. The van der Waals surface area contributed by atoms with Gasteiger partial charge >= 0.3 is 0 Å². The lowest BCUT2D eigenvalue weighted by molar-refractivity contribution is 0.210. The third-order valence-corrected chi connectivity index (χ3v) is 2.64. The van der Waals surface area contributed by atoms with Crippen LogP contribution in [0.4, 0.5) is 0 Å². The van der Waals surface area contributed by atoms with Crippen molar-refractivity contribution in [2.24, 2.45) is 0 Å². The molecule has 1 aliphatic carbocycles. The Balaban J connectivity index is 1.65. The molecule has 0 aliphatic heterocycles. The summed E-state index contributed by atoms with van der Waals surface area (Å²) in [6.45, 7) is 3.19. The van der Waals surface area contributed by atoms with Gasteiger partial charge in [-0.2, -0.15) is 0 Å². The molecule has 1 fully saturated rings. The first kappa shape index (κ1) is 10.5. The quantitative estimate of drug-likeness (QED) is 0.770. The van der Waals surface area contributed by atoms with Crippen LogP contribution in [-0.2, 0) is 0 Å². The van der Waals surface area contributed by atoms with Crippen LogP contribution in [0.25, 0.3) is 0 Å². The Kier molecular flexibility index (Phi) is 3.62. The van der Waals surface area contributed by atoms with Crippen molar-refractivity contribution in [2.45, 2.75) is 38.3 Å². The van der Waals surface area contributed by atoms with Crippen LogP contribution in [0, 0.1) is 0 Å². The summed E-state index contributed by atoms with van der Waals surface area (Å²) in [5, 5.41) is 3.49. The van der Waals surface area contributed by atoms with Gasteiger partial charge < -0.3 is 10.1 Å². The van der Waals surface area contributed by atoms with Gasteiger partial charge in [0.15, 0.2) is 0 Å². The van der Waals surface area contributed by atoms with Gasteiger partial charge in [0, 0.05) is 6.04 Å². The normalized spacial score (nSPS) is 17.4. The monoisotopic (exact) mass is 205 g/mol. The second-order valence-electron chi connectivity index (χ2n) is 4.26. The molecule has 1 unspecified atom stereocenters. The van der Waals surface area contributed by atoms with Gasteiger partial charge in [-0.05, 0) is 44.9 Å². The van der Waals surface area contributed by atoms with E-state index in [-0.39, 0.29) is 0 Å². The molecular formula is C13H19NO. The van der Waals surface area contributed by atoms with Crippen molar-refractivity contribution in [3.8, 4) is 5.75 Å². The van der Waals surface area contributed by atoms with Gasteiger partial charge in [0.05, 0.1) is 6.10 Å². The molecule has 1 atom stereocenters. The van der Waals surface area contributed by atoms with Crippen molar-refractivity contribution in [1.82, 2.24) is 5.32 Å². The molecule has 15 heavy (non-hydrogen) atoms. The number of rotatable bonds is 6. The second kappa shape index (κ2) is 5.17. The van der Waals surface area contributed by atoms with E-state index in [4.69, 9.17) is 4.74 Å². The molecule has 2 heteroatoms. The Morgan fingerprint density at radius 3 is 2.73 bits per heavy atom. The second-order valence-corrected chi connectivity index (χ2v) is 4.26. The van der Waals surface area contributed by atoms with Crippen molar-refractivity contribution in [1.29, 1.82) is 0 Å². The van der Waals surface area contributed by atoms with Crippen molar-refractivity contribution in [3.05, 3.63) is 30.3 Å². The summed E-state index contributed by atoms with van der Waals surface area (Å²) in [4.78, 5) is 0. The van der Waals surface area contributed by atoms with Crippen molar-refractivity contribution >= 4 is 0 Å². The molecule has 0 amide bonds. The molecule has 1 saturated carbocycles. The molecule has 2 nitrogen and oxygen atoms in total. The average Bonchev–Trinajstić information content (AvgIpc) is 3.03. The molecule has 1 aromatic rings. The molecular weight excluding hydrogens is 186 g/mol. The first-order valence-electron chi connectivity index (χ1n) is 5.79. The molecule has 0 radical (unpaired) electrons. The first-order valence-corrected chi connectivity index (χ1v) is 5.79. The number of ether oxygens (including phenoxy) is 1. The molecule has 0 bridgehead atoms. The van der Waals surface area contributed by atoms with Crippen molar-refractivity contribution in [3.63, 3.8) is 0 Å². The molecule has 2 rings (SSSR count). The van der Waals surface area contributed by atoms with Crippen LogP contribution < -0.4 is 10.1 Å². The maximum atomic E-state index is 5.78. The number of para-hydroxylation sites is 1. The van der Waals surface area contributed by atoms with Crippen LogP contribution in [0.1, 0.15) is 26.2 Å². The molecule has 0 saturated heterocycles. The Bertz CT molecular complexity index is 282. The van der Waals surface area contributed by atoms with Crippen LogP contribution >= 0.6 is 0 Å². The van der Waals surface area contributed by atoms with E-state index in [9.17, 15) is 0 Å². The van der Waals surface area contributed by atoms with E-state index in [0.717, 1.165) is 24.8 Å². The number of hydrogen-bond donors (Lipinski definition) is 1. The Morgan fingerprint density at radius 2 is 2.07 bits per heavy atom. The summed E-state index contributed by atoms with van der Waals surface area (Å²) >= 11 is 0. The standard InChI is InChI=1S/C13H19NO/c1-11(9-10-14-12-7-8-12)15-13-5-3-2-4-6-13/h2-6,11-12,14H,7-10H2,1H3. The molecule has 1 N–H and O–H groups in total. The highest BCUT2D eigenvalue weighted by molar-refractivity contribution is 5.21. The molecule has 1 aromatic carbocycles. The largest absolute Gasteiger partial charge is 0.491 e. The Labute approximate surface area is 91.6 Å². The van der Waals surface area contributed by atoms with Crippen molar-refractivity contribution < 1.29 is 4.74 Å². The van der Waals surface area contributed by atoms with Crippen LogP contribution in [0.5, 0.6) is 5.75 Å². The van der Waals surface area contributed by atoms with Gasteiger partial charge in [-0.15, -0.1) is 0 Å². The first-order chi connectivity index (χ1) is 7.34. The van der Waals surface area contributed by atoms with Crippen LogP contribution in [0.15, 0.2) is 30.3 Å². The van der Waals surface area contributed by atoms with E-state index in [1.54, 1.807) is 0 Å². The summed E-state index contributed by atoms with van der Waals surface area (Å²) in [5.74, 6) is 0.969. The summed E-state index contributed by atoms with van der Waals surface area (Å²) in [7, 11) is 0. The smallest absolute Gasteiger partial charge is 0.119 e. The summed E-state index contributed by atoms with van der Waals surface area (Å²) in [6, 6.07) is 10.8. The maximum Gasteiger partial charge on any atom is 0.119 e. The fourth-order valence-corrected chi connectivity index (χ4v) is 1.57. The van der Waals surface area contributed by atoms with Gasteiger partial charge in [0.25, 0.3) is 0 Å². The average molecular weight is 205 g/mol. The van der Waals surface area contributed by atoms with Gasteiger partial charge in [0.1, 0.15) is 5.75 Å². The van der Waals surface area contributed by atoms with Crippen LogP contribution in [-0.4, -0.2) is 18.7 Å². The predicted molar refractivity (Wildman–Crippen MR) is 62.2 cm³/mol. The van der Waals surface area contributed by atoms with Gasteiger partial charge in [-0.1, -0.05) is 18.2 Å². The van der Waals surface area contributed by atoms with Gasteiger partial charge in [0.2, 0.25) is 0 Å². The molecule has 0 heterocycles. The van der Waals surface area contributed by atoms with Gasteiger partial charge in [-0.3, -0.25) is 0 Å². The topological polar surface area (TPSA) is 21.3 Å². The zero-order chi connectivity index (χ0) is 10.5. The van der Waals surface area contributed by atoms with E-state index in [0.29, 0.717) is 6.10 Å². The van der Waals surface area contributed by atoms with E-state index in [1.807, 2.05) is 30.3 Å². The lowest BCUT2D eigenvalue weighted by Crippen LogP contribution is -2.23. The number of benzene rings is 1. The molecule has 1 aliphatic rings. The minimum atomic E-state index is 0.290. The fourth-order valence-electron chi connectivity index (χ4n) is 1.57. The molecule has 0 spiro atoms. The minimum absolute atomic E-state index is 0.290. The summed E-state index contributed by atoms with van der Waals surface area (Å²) in [6.07, 6.45) is 4.08. The third-order valence-electron chi connectivity index (χ3n) is 2.64. The van der Waals surface area contributed by atoms with E-state index in [2.05, 4.69) is 12.2 Å². The highest BCUT2D eigenvalue weighted by atomic mass is 16.5. The molecule has 0 aromatic heterocycles. The van der Waals surface area contributed by atoms with E-state index in [1.165, 1.54) is 12.8 Å². The van der Waals surface area contributed by atoms with Crippen LogP contribution in [0.3, 0.4) is 0 Å². The zero-order valence-electron chi connectivity index (χ0n) is 9.28. The Hall–Kier alpha value is -1.02. The highest BCUT2D eigenvalue weighted by Gasteiger charge is 2.20. The lowest BCUT2D eigenvalue weighted by Gasteiger charge is -2.14. The van der Waals surface area contributed by atoms with Crippen molar-refractivity contribution in [2.75, 3.05) is 6.54 Å². The lowest BCUT2D eigenvalue weighted by atomic mass is 10.2.